The molecule has 0 aromatic carbocycles. The van der Waals surface area contributed by atoms with E-state index in [4.69, 9.17) is 5.26 Å². The molecule has 0 aliphatic heterocycles. The highest BCUT2D eigenvalue weighted by molar-refractivity contribution is 5.56. The summed E-state index contributed by atoms with van der Waals surface area (Å²) in [4.78, 5) is 3.99. The highest BCUT2D eigenvalue weighted by atomic mass is 15.3. The van der Waals surface area contributed by atoms with Crippen molar-refractivity contribution in [3.05, 3.63) is 36.2 Å². The van der Waals surface area contributed by atoms with Gasteiger partial charge in [-0.1, -0.05) is 0 Å². The van der Waals surface area contributed by atoms with E-state index in [1.807, 2.05) is 18.5 Å². The Kier molecular flexibility index (Phi) is 3.01. The lowest BCUT2D eigenvalue weighted by atomic mass is 10.2. The van der Waals surface area contributed by atoms with Gasteiger partial charge < -0.3 is 9.88 Å². The van der Waals surface area contributed by atoms with E-state index in [1.54, 1.807) is 24.8 Å². The number of aromatic nitrogens is 4. The molecule has 6 nitrogen and oxygen atoms in total. The van der Waals surface area contributed by atoms with Crippen LogP contribution >= 0.6 is 0 Å². The summed E-state index contributed by atoms with van der Waals surface area (Å²) >= 11 is 0. The zero-order valence-electron chi connectivity index (χ0n) is 9.62. The largest absolute Gasteiger partial charge is 0.373 e. The SMILES string of the molecule is CC(Nc1cnccc1C#N)c1nncn1C. The van der Waals surface area contributed by atoms with E-state index in [2.05, 4.69) is 26.6 Å². The Morgan fingerprint density at radius 2 is 2.35 bits per heavy atom. The van der Waals surface area contributed by atoms with Crippen molar-refractivity contribution in [2.45, 2.75) is 13.0 Å². The van der Waals surface area contributed by atoms with Crippen molar-refractivity contribution in [1.29, 1.82) is 5.26 Å². The fourth-order valence-electron chi connectivity index (χ4n) is 1.59. The summed E-state index contributed by atoms with van der Waals surface area (Å²) in [6.07, 6.45) is 4.87. The molecule has 6 heteroatoms. The summed E-state index contributed by atoms with van der Waals surface area (Å²) in [6.45, 7) is 1.96. The fraction of sp³-hybridized carbons (Fsp3) is 0.273. The van der Waals surface area contributed by atoms with Gasteiger partial charge >= 0.3 is 0 Å². The highest BCUT2D eigenvalue weighted by Crippen LogP contribution is 2.19. The minimum absolute atomic E-state index is 0.0428. The second kappa shape index (κ2) is 4.61. The first-order valence-electron chi connectivity index (χ1n) is 5.17. The molecule has 0 bridgehead atoms. The zero-order valence-corrected chi connectivity index (χ0v) is 9.62. The van der Waals surface area contributed by atoms with Crippen molar-refractivity contribution in [2.24, 2.45) is 7.05 Å². The Hall–Kier alpha value is -2.42. The number of aryl methyl sites for hydroxylation is 1. The zero-order chi connectivity index (χ0) is 12.3. The molecule has 86 valence electrons. The van der Waals surface area contributed by atoms with Crippen LogP contribution in [0.2, 0.25) is 0 Å². The predicted octanol–water partition coefficient (Wildman–Crippen LogP) is 1.25. The van der Waals surface area contributed by atoms with Crippen LogP contribution in [0.15, 0.2) is 24.8 Å². The van der Waals surface area contributed by atoms with Crippen LogP contribution in [-0.4, -0.2) is 19.7 Å². The number of nitrogens with one attached hydrogen (secondary N) is 1. The molecular weight excluding hydrogens is 216 g/mol. The number of hydrogen-bond acceptors (Lipinski definition) is 5. The molecule has 2 aromatic heterocycles. The van der Waals surface area contributed by atoms with Gasteiger partial charge in [-0.05, 0) is 13.0 Å². The van der Waals surface area contributed by atoms with Gasteiger partial charge in [-0.15, -0.1) is 10.2 Å². The Balaban J connectivity index is 2.22. The molecule has 17 heavy (non-hydrogen) atoms. The van der Waals surface area contributed by atoms with E-state index in [-0.39, 0.29) is 6.04 Å². The lowest BCUT2D eigenvalue weighted by Gasteiger charge is -2.14. The van der Waals surface area contributed by atoms with Crippen LogP contribution < -0.4 is 5.32 Å². The van der Waals surface area contributed by atoms with Crippen molar-refractivity contribution in [3.8, 4) is 6.07 Å². The average molecular weight is 228 g/mol. The number of nitriles is 1. The smallest absolute Gasteiger partial charge is 0.154 e. The molecule has 0 fully saturated rings. The van der Waals surface area contributed by atoms with Crippen LogP contribution in [-0.2, 0) is 7.05 Å². The van der Waals surface area contributed by atoms with Gasteiger partial charge in [0.2, 0.25) is 0 Å². The molecular formula is C11H12N6. The van der Waals surface area contributed by atoms with Gasteiger partial charge in [0.05, 0.1) is 23.5 Å². The molecule has 0 aliphatic rings. The third-order valence-electron chi connectivity index (χ3n) is 2.45. The first-order valence-corrected chi connectivity index (χ1v) is 5.17. The van der Waals surface area contributed by atoms with E-state index in [0.717, 1.165) is 5.82 Å². The van der Waals surface area contributed by atoms with Gasteiger partial charge in [-0.3, -0.25) is 4.98 Å². The molecule has 2 aromatic rings. The topological polar surface area (TPSA) is 79.4 Å². The fourth-order valence-corrected chi connectivity index (χ4v) is 1.59. The maximum absolute atomic E-state index is 8.97. The summed E-state index contributed by atoms with van der Waals surface area (Å²) in [6, 6.07) is 3.75. The Morgan fingerprint density at radius 1 is 1.53 bits per heavy atom. The third kappa shape index (κ3) is 2.23. The highest BCUT2D eigenvalue weighted by Gasteiger charge is 2.12. The summed E-state index contributed by atoms with van der Waals surface area (Å²) in [5.41, 5.74) is 1.26. The minimum Gasteiger partial charge on any atom is -0.373 e. The molecule has 0 spiro atoms. The number of rotatable bonds is 3. The molecule has 1 unspecified atom stereocenters. The molecule has 2 rings (SSSR count). The van der Waals surface area contributed by atoms with Crippen molar-refractivity contribution < 1.29 is 0 Å². The number of nitrogens with zero attached hydrogens (tertiary/aromatic N) is 5. The van der Waals surface area contributed by atoms with E-state index in [1.165, 1.54) is 0 Å². The molecule has 1 atom stereocenters. The van der Waals surface area contributed by atoms with Crippen LogP contribution in [0.25, 0.3) is 0 Å². The second-order valence-corrected chi connectivity index (χ2v) is 3.70. The third-order valence-corrected chi connectivity index (χ3v) is 2.45. The summed E-state index contributed by atoms with van der Waals surface area (Å²) in [5, 5.41) is 20.0. The molecule has 2 heterocycles. The Morgan fingerprint density at radius 3 is 3.00 bits per heavy atom. The van der Waals surface area contributed by atoms with Crippen molar-refractivity contribution in [2.75, 3.05) is 5.32 Å². The van der Waals surface area contributed by atoms with E-state index in [9.17, 15) is 0 Å². The van der Waals surface area contributed by atoms with Crippen LogP contribution in [0, 0.1) is 11.3 Å². The lowest BCUT2D eigenvalue weighted by molar-refractivity contribution is 0.719. The van der Waals surface area contributed by atoms with Gasteiger partial charge in [0, 0.05) is 13.2 Å². The first kappa shape index (κ1) is 11.1. The summed E-state index contributed by atoms with van der Waals surface area (Å²) < 4.78 is 1.83. The number of pyridine rings is 1. The van der Waals surface area contributed by atoms with Gasteiger partial charge in [-0.25, -0.2) is 0 Å². The second-order valence-electron chi connectivity index (χ2n) is 3.70. The van der Waals surface area contributed by atoms with Crippen LogP contribution in [0.1, 0.15) is 24.4 Å². The average Bonchev–Trinajstić information content (AvgIpc) is 2.76. The van der Waals surface area contributed by atoms with Crippen molar-refractivity contribution >= 4 is 5.69 Å². The van der Waals surface area contributed by atoms with Crippen LogP contribution in [0.3, 0.4) is 0 Å². The first-order chi connectivity index (χ1) is 8.22. The quantitative estimate of drug-likeness (QED) is 0.855. The maximum atomic E-state index is 8.97. The molecule has 0 amide bonds. The van der Waals surface area contributed by atoms with E-state index in [0.29, 0.717) is 11.3 Å². The number of hydrogen-bond donors (Lipinski definition) is 1. The van der Waals surface area contributed by atoms with Crippen LogP contribution in [0.5, 0.6) is 0 Å². The van der Waals surface area contributed by atoms with Crippen molar-refractivity contribution in [3.63, 3.8) is 0 Å². The van der Waals surface area contributed by atoms with Gasteiger partial charge in [0.25, 0.3) is 0 Å². The molecule has 0 aliphatic carbocycles. The summed E-state index contributed by atoms with van der Waals surface area (Å²) in [5.74, 6) is 0.803. The van der Waals surface area contributed by atoms with Gasteiger partial charge in [0.1, 0.15) is 12.4 Å². The maximum Gasteiger partial charge on any atom is 0.154 e. The summed E-state index contributed by atoms with van der Waals surface area (Å²) in [7, 11) is 1.88. The Labute approximate surface area is 98.9 Å². The minimum atomic E-state index is -0.0428. The van der Waals surface area contributed by atoms with Gasteiger partial charge in [-0.2, -0.15) is 5.26 Å². The monoisotopic (exact) mass is 228 g/mol. The van der Waals surface area contributed by atoms with Crippen LogP contribution in [0.4, 0.5) is 5.69 Å². The molecule has 1 N–H and O–H groups in total. The predicted molar refractivity (Wildman–Crippen MR) is 62.0 cm³/mol. The number of anilines is 1. The van der Waals surface area contributed by atoms with E-state index < -0.39 is 0 Å². The molecule has 0 radical (unpaired) electrons. The lowest BCUT2D eigenvalue weighted by Crippen LogP contribution is -2.12. The Bertz CT molecular complexity index is 553. The van der Waals surface area contributed by atoms with E-state index >= 15 is 0 Å². The van der Waals surface area contributed by atoms with Crippen molar-refractivity contribution in [1.82, 2.24) is 19.7 Å². The van der Waals surface area contributed by atoms with Gasteiger partial charge in [0.15, 0.2) is 5.82 Å². The normalized spacial score (nSPS) is 11.8. The molecule has 0 saturated heterocycles. The molecule has 0 saturated carbocycles. The standard InChI is InChI=1S/C11H12N6/c1-8(11-16-14-7-17(11)2)15-10-6-13-4-3-9(10)5-12/h3-4,6-8,15H,1-2H3.